The van der Waals surface area contributed by atoms with Crippen LogP contribution in [0.5, 0.6) is 0 Å². The van der Waals surface area contributed by atoms with Crippen molar-refractivity contribution in [3.8, 4) is 0 Å². The van der Waals surface area contributed by atoms with Crippen LogP contribution in [0, 0.1) is 3.57 Å². The van der Waals surface area contributed by atoms with Gasteiger partial charge < -0.3 is 11.1 Å². The van der Waals surface area contributed by atoms with Gasteiger partial charge in [-0.2, -0.15) is 11.8 Å². The van der Waals surface area contributed by atoms with E-state index >= 15 is 0 Å². The van der Waals surface area contributed by atoms with Gasteiger partial charge in [0.15, 0.2) is 0 Å². The van der Waals surface area contributed by atoms with E-state index in [9.17, 15) is 0 Å². The highest BCUT2D eigenvalue weighted by Crippen LogP contribution is 2.22. The molecule has 15 heavy (non-hydrogen) atoms. The molecule has 4 heteroatoms. The van der Waals surface area contributed by atoms with Gasteiger partial charge in [0.25, 0.3) is 0 Å². The lowest BCUT2D eigenvalue weighted by atomic mass is 10.2. The first-order chi connectivity index (χ1) is 7.13. The second-order valence-corrected chi connectivity index (χ2v) is 5.79. The van der Waals surface area contributed by atoms with E-state index in [1.165, 1.54) is 9.32 Å². The normalized spacial score (nSPS) is 12.5. The lowest BCUT2D eigenvalue weighted by Crippen LogP contribution is -2.16. The molecule has 1 aromatic carbocycles. The number of rotatable bonds is 5. The Labute approximate surface area is 110 Å². The topological polar surface area (TPSA) is 38.0 Å². The molecule has 0 radical (unpaired) electrons. The molecule has 0 saturated heterocycles. The van der Waals surface area contributed by atoms with E-state index in [2.05, 4.69) is 47.2 Å². The fraction of sp³-hybridized carbons (Fsp3) is 0.455. The Morgan fingerprint density at radius 1 is 1.53 bits per heavy atom. The summed E-state index contributed by atoms with van der Waals surface area (Å²) in [6.07, 6.45) is 3.29. The van der Waals surface area contributed by atoms with Crippen LogP contribution in [0.15, 0.2) is 18.2 Å². The zero-order chi connectivity index (χ0) is 11.3. The number of nitrogen functional groups attached to an aromatic ring is 1. The SMILES string of the molecule is CSCCC(C)Nc1ccc(I)cc1N. The highest BCUT2D eigenvalue weighted by atomic mass is 127. The summed E-state index contributed by atoms with van der Waals surface area (Å²) in [5.41, 5.74) is 7.80. The number of anilines is 2. The van der Waals surface area contributed by atoms with Crippen molar-refractivity contribution in [2.75, 3.05) is 23.1 Å². The van der Waals surface area contributed by atoms with Crippen molar-refractivity contribution in [3.05, 3.63) is 21.8 Å². The van der Waals surface area contributed by atoms with Gasteiger partial charge in [-0.1, -0.05) is 0 Å². The van der Waals surface area contributed by atoms with Gasteiger partial charge in [-0.05, 0) is 66.1 Å². The Hall–Kier alpha value is -0.100. The minimum Gasteiger partial charge on any atom is -0.397 e. The van der Waals surface area contributed by atoms with Crippen molar-refractivity contribution in [2.24, 2.45) is 0 Å². The predicted octanol–water partition coefficient (Wildman–Crippen LogP) is 3.43. The van der Waals surface area contributed by atoms with Gasteiger partial charge in [0.2, 0.25) is 0 Å². The van der Waals surface area contributed by atoms with Crippen molar-refractivity contribution in [1.82, 2.24) is 0 Å². The van der Waals surface area contributed by atoms with Crippen molar-refractivity contribution in [2.45, 2.75) is 19.4 Å². The fourth-order valence-corrected chi connectivity index (χ4v) is 2.40. The van der Waals surface area contributed by atoms with Gasteiger partial charge in [-0.15, -0.1) is 0 Å². The Morgan fingerprint density at radius 2 is 2.27 bits per heavy atom. The summed E-state index contributed by atoms with van der Waals surface area (Å²) in [7, 11) is 0. The van der Waals surface area contributed by atoms with Gasteiger partial charge in [0.1, 0.15) is 0 Å². The molecule has 0 aromatic heterocycles. The molecule has 3 N–H and O–H groups in total. The van der Waals surface area contributed by atoms with Crippen molar-refractivity contribution < 1.29 is 0 Å². The zero-order valence-electron chi connectivity index (χ0n) is 9.09. The van der Waals surface area contributed by atoms with Crippen LogP contribution >= 0.6 is 34.4 Å². The van der Waals surface area contributed by atoms with Crippen LogP contribution in [0.25, 0.3) is 0 Å². The van der Waals surface area contributed by atoms with E-state index in [-0.39, 0.29) is 0 Å². The van der Waals surface area contributed by atoms with Crippen molar-refractivity contribution in [3.63, 3.8) is 0 Å². The molecular formula is C11H17IN2S. The molecule has 0 aliphatic heterocycles. The van der Waals surface area contributed by atoms with E-state index in [0.717, 1.165) is 17.8 Å². The molecular weight excluding hydrogens is 319 g/mol. The number of nitrogens with one attached hydrogen (secondary N) is 1. The Balaban J connectivity index is 2.56. The first-order valence-electron chi connectivity index (χ1n) is 4.94. The van der Waals surface area contributed by atoms with E-state index in [1.54, 1.807) is 0 Å². The quantitative estimate of drug-likeness (QED) is 0.639. The monoisotopic (exact) mass is 336 g/mol. The molecule has 0 heterocycles. The lowest BCUT2D eigenvalue weighted by Gasteiger charge is -2.16. The highest BCUT2D eigenvalue weighted by molar-refractivity contribution is 14.1. The van der Waals surface area contributed by atoms with Crippen LogP contribution < -0.4 is 11.1 Å². The van der Waals surface area contributed by atoms with Gasteiger partial charge in [0.05, 0.1) is 11.4 Å². The average Bonchev–Trinajstić information content (AvgIpc) is 2.19. The summed E-state index contributed by atoms with van der Waals surface area (Å²) < 4.78 is 1.17. The molecule has 84 valence electrons. The van der Waals surface area contributed by atoms with E-state index in [4.69, 9.17) is 5.73 Å². The third-order valence-corrected chi connectivity index (χ3v) is 3.49. The van der Waals surface area contributed by atoms with Crippen molar-refractivity contribution in [1.29, 1.82) is 0 Å². The van der Waals surface area contributed by atoms with E-state index in [1.807, 2.05) is 23.9 Å². The third-order valence-electron chi connectivity index (χ3n) is 2.17. The highest BCUT2D eigenvalue weighted by Gasteiger charge is 2.04. The van der Waals surface area contributed by atoms with Gasteiger partial charge >= 0.3 is 0 Å². The van der Waals surface area contributed by atoms with Crippen LogP contribution in [-0.2, 0) is 0 Å². The van der Waals surface area contributed by atoms with Crippen LogP contribution in [0.2, 0.25) is 0 Å². The summed E-state index contributed by atoms with van der Waals surface area (Å²) in [6.45, 7) is 2.19. The van der Waals surface area contributed by atoms with Gasteiger partial charge in [0, 0.05) is 9.61 Å². The summed E-state index contributed by atoms with van der Waals surface area (Å²) in [5, 5.41) is 3.43. The van der Waals surface area contributed by atoms with E-state index in [0.29, 0.717) is 6.04 Å². The third kappa shape index (κ3) is 4.51. The molecule has 1 unspecified atom stereocenters. The smallest absolute Gasteiger partial charge is 0.0576 e. The zero-order valence-corrected chi connectivity index (χ0v) is 12.1. The average molecular weight is 336 g/mol. The Morgan fingerprint density at radius 3 is 2.87 bits per heavy atom. The summed E-state index contributed by atoms with van der Waals surface area (Å²) in [4.78, 5) is 0. The molecule has 0 bridgehead atoms. The fourth-order valence-electron chi connectivity index (χ4n) is 1.30. The molecule has 1 atom stereocenters. The molecule has 0 amide bonds. The maximum absolute atomic E-state index is 5.93. The van der Waals surface area contributed by atoms with Gasteiger partial charge in [-0.25, -0.2) is 0 Å². The molecule has 0 spiro atoms. The molecule has 0 aliphatic carbocycles. The van der Waals surface area contributed by atoms with Crippen LogP contribution in [0.1, 0.15) is 13.3 Å². The number of thioether (sulfide) groups is 1. The summed E-state index contributed by atoms with van der Waals surface area (Å²) in [5.74, 6) is 1.18. The molecule has 1 aromatic rings. The van der Waals surface area contributed by atoms with Crippen LogP contribution in [0.4, 0.5) is 11.4 Å². The number of benzene rings is 1. The lowest BCUT2D eigenvalue weighted by molar-refractivity contribution is 0.772. The minimum absolute atomic E-state index is 0.472. The molecule has 1 rings (SSSR count). The maximum Gasteiger partial charge on any atom is 0.0576 e. The summed E-state index contributed by atoms with van der Waals surface area (Å²) >= 11 is 4.14. The van der Waals surface area contributed by atoms with Crippen LogP contribution in [-0.4, -0.2) is 18.1 Å². The predicted molar refractivity (Wildman–Crippen MR) is 79.7 cm³/mol. The Kier molecular flexibility index (Phi) is 5.60. The standard InChI is InChI=1S/C11H17IN2S/c1-8(5-6-15-2)14-11-4-3-9(12)7-10(11)13/h3-4,7-8,14H,5-6,13H2,1-2H3. The number of hydrogen-bond donors (Lipinski definition) is 2. The minimum atomic E-state index is 0.472. The van der Waals surface area contributed by atoms with E-state index < -0.39 is 0 Å². The second-order valence-electron chi connectivity index (χ2n) is 3.56. The molecule has 2 nitrogen and oxygen atoms in total. The number of halogens is 1. The number of hydrogen-bond acceptors (Lipinski definition) is 3. The maximum atomic E-state index is 5.93. The first-order valence-corrected chi connectivity index (χ1v) is 7.41. The van der Waals surface area contributed by atoms with Gasteiger partial charge in [-0.3, -0.25) is 0 Å². The molecule has 0 fully saturated rings. The summed E-state index contributed by atoms with van der Waals surface area (Å²) in [6, 6.07) is 6.58. The molecule has 0 aliphatic rings. The van der Waals surface area contributed by atoms with Crippen LogP contribution in [0.3, 0.4) is 0 Å². The number of nitrogens with two attached hydrogens (primary N) is 1. The second kappa shape index (κ2) is 6.48. The largest absolute Gasteiger partial charge is 0.397 e. The Bertz CT molecular complexity index is 317. The first kappa shape index (κ1) is 13.0. The molecule has 0 saturated carbocycles. The van der Waals surface area contributed by atoms with Crippen molar-refractivity contribution >= 4 is 45.7 Å².